The maximum Gasteiger partial charge on any atom is 0.240 e. The summed E-state index contributed by atoms with van der Waals surface area (Å²) in [6.07, 6.45) is 3.13. The van der Waals surface area contributed by atoms with E-state index in [1.54, 1.807) is 0 Å². The van der Waals surface area contributed by atoms with Crippen molar-refractivity contribution in [3.63, 3.8) is 0 Å². The molecule has 3 aliphatic rings. The molecule has 3 heterocycles. The molecule has 0 saturated carbocycles. The Bertz CT molecular complexity index is 877. The van der Waals surface area contributed by atoms with Crippen molar-refractivity contribution in [2.24, 2.45) is 0 Å². The van der Waals surface area contributed by atoms with Gasteiger partial charge in [-0.1, -0.05) is 42.5 Å². The van der Waals surface area contributed by atoms with Crippen LogP contribution >= 0.6 is 0 Å². The molecule has 0 bridgehead atoms. The molecule has 0 aliphatic carbocycles. The highest BCUT2D eigenvalue weighted by Crippen LogP contribution is 2.27. The molecule has 0 radical (unpaired) electrons. The molecular formula is C25H31N3O2. The van der Waals surface area contributed by atoms with Crippen molar-refractivity contribution in [2.75, 3.05) is 39.3 Å². The summed E-state index contributed by atoms with van der Waals surface area (Å²) < 4.78 is 5.62. The molecule has 1 unspecified atom stereocenters. The lowest BCUT2D eigenvalue weighted by atomic mass is 10.1. The van der Waals surface area contributed by atoms with Crippen LogP contribution in [0.25, 0.3) is 0 Å². The molecule has 2 fully saturated rings. The number of carbonyl (C=O) groups is 1. The van der Waals surface area contributed by atoms with E-state index in [2.05, 4.69) is 57.2 Å². The zero-order valence-electron chi connectivity index (χ0n) is 17.6. The van der Waals surface area contributed by atoms with E-state index in [0.717, 1.165) is 77.4 Å². The first-order valence-corrected chi connectivity index (χ1v) is 11.3. The van der Waals surface area contributed by atoms with E-state index >= 15 is 0 Å². The van der Waals surface area contributed by atoms with Crippen LogP contribution < -0.4 is 4.74 Å². The van der Waals surface area contributed by atoms with Gasteiger partial charge in [0.15, 0.2) is 0 Å². The summed E-state index contributed by atoms with van der Waals surface area (Å²) in [6, 6.07) is 17.2. The molecule has 5 nitrogen and oxygen atoms in total. The first kappa shape index (κ1) is 19.6. The van der Waals surface area contributed by atoms with E-state index in [1.165, 1.54) is 16.7 Å². The summed E-state index contributed by atoms with van der Waals surface area (Å²) in [5.41, 5.74) is 3.98. The maximum atomic E-state index is 13.2. The van der Waals surface area contributed by atoms with Crippen LogP contribution in [-0.2, 0) is 24.3 Å². The Hall–Kier alpha value is -2.37. The van der Waals surface area contributed by atoms with Gasteiger partial charge in [-0.25, -0.2) is 0 Å². The standard InChI is InChI=1S/C25H31N3O2/c29-25(23-7-4-11-28(23)19-20-5-2-1-3-6-20)27-14-12-26(13-15-27)18-21-8-9-24-22(17-21)10-16-30-24/h1-3,5-6,8-9,17,23H,4,7,10-16,18-19H2. The lowest BCUT2D eigenvalue weighted by molar-refractivity contribution is -0.138. The number of hydrogen-bond donors (Lipinski definition) is 0. The number of piperazine rings is 1. The molecule has 2 aromatic rings. The van der Waals surface area contributed by atoms with Crippen molar-refractivity contribution in [3.05, 3.63) is 65.2 Å². The van der Waals surface area contributed by atoms with Crippen LogP contribution in [0.2, 0.25) is 0 Å². The Kier molecular flexibility index (Phi) is 5.73. The number of hydrogen-bond acceptors (Lipinski definition) is 4. The van der Waals surface area contributed by atoms with Crippen molar-refractivity contribution in [1.82, 2.24) is 14.7 Å². The minimum absolute atomic E-state index is 0.0495. The van der Waals surface area contributed by atoms with Gasteiger partial charge in [0.05, 0.1) is 12.6 Å². The third kappa shape index (κ3) is 4.23. The lowest BCUT2D eigenvalue weighted by Crippen LogP contribution is -2.53. The Balaban J connectivity index is 1.14. The van der Waals surface area contributed by atoms with Gasteiger partial charge in [-0.2, -0.15) is 0 Å². The largest absolute Gasteiger partial charge is 0.493 e. The summed E-state index contributed by atoms with van der Waals surface area (Å²) in [4.78, 5) is 20.2. The van der Waals surface area contributed by atoms with Crippen molar-refractivity contribution in [3.8, 4) is 5.75 Å². The van der Waals surface area contributed by atoms with Gasteiger partial charge >= 0.3 is 0 Å². The van der Waals surface area contributed by atoms with Crippen LogP contribution in [0, 0.1) is 0 Å². The fourth-order valence-corrected chi connectivity index (χ4v) is 5.05. The minimum Gasteiger partial charge on any atom is -0.493 e. The van der Waals surface area contributed by atoms with Crippen LogP contribution in [0.15, 0.2) is 48.5 Å². The second kappa shape index (κ2) is 8.78. The second-order valence-corrected chi connectivity index (χ2v) is 8.76. The van der Waals surface area contributed by atoms with E-state index in [9.17, 15) is 4.79 Å². The number of amides is 1. The van der Waals surface area contributed by atoms with Crippen molar-refractivity contribution >= 4 is 5.91 Å². The molecule has 2 saturated heterocycles. The first-order chi connectivity index (χ1) is 14.8. The number of ether oxygens (including phenoxy) is 1. The van der Waals surface area contributed by atoms with Crippen molar-refractivity contribution in [1.29, 1.82) is 0 Å². The van der Waals surface area contributed by atoms with E-state index < -0.39 is 0 Å². The highest BCUT2D eigenvalue weighted by molar-refractivity contribution is 5.82. The SMILES string of the molecule is O=C(C1CCCN1Cc1ccccc1)N1CCN(Cc2ccc3c(c2)CCO3)CC1. The molecule has 0 aromatic heterocycles. The van der Waals surface area contributed by atoms with Gasteiger partial charge in [0.25, 0.3) is 0 Å². The smallest absolute Gasteiger partial charge is 0.240 e. The predicted octanol–water partition coefficient (Wildman–Crippen LogP) is 2.93. The Morgan fingerprint density at radius 2 is 1.77 bits per heavy atom. The first-order valence-electron chi connectivity index (χ1n) is 11.3. The molecule has 2 aromatic carbocycles. The summed E-state index contributed by atoms with van der Waals surface area (Å²) in [5.74, 6) is 1.38. The summed E-state index contributed by atoms with van der Waals surface area (Å²) in [6.45, 7) is 7.23. The van der Waals surface area contributed by atoms with Gasteiger partial charge in [0, 0.05) is 45.7 Å². The Morgan fingerprint density at radius 3 is 2.60 bits per heavy atom. The molecule has 158 valence electrons. The monoisotopic (exact) mass is 405 g/mol. The zero-order chi connectivity index (χ0) is 20.3. The second-order valence-electron chi connectivity index (χ2n) is 8.76. The van der Waals surface area contributed by atoms with Crippen LogP contribution in [0.4, 0.5) is 0 Å². The average molecular weight is 406 g/mol. The summed E-state index contributed by atoms with van der Waals surface area (Å²) in [7, 11) is 0. The summed E-state index contributed by atoms with van der Waals surface area (Å²) >= 11 is 0. The molecule has 1 amide bonds. The fourth-order valence-electron chi connectivity index (χ4n) is 5.05. The number of nitrogens with zero attached hydrogens (tertiary/aromatic N) is 3. The lowest BCUT2D eigenvalue weighted by Gasteiger charge is -2.37. The molecule has 0 N–H and O–H groups in total. The quantitative estimate of drug-likeness (QED) is 0.766. The molecule has 1 atom stereocenters. The number of benzene rings is 2. The Labute approximate surface area is 179 Å². The third-order valence-electron chi connectivity index (χ3n) is 6.72. The third-order valence-corrected chi connectivity index (χ3v) is 6.72. The van der Waals surface area contributed by atoms with E-state index in [4.69, 9.17) is 4.74 Å². The number of rotatable bonds is 5. The highest BCUT2D eigenvalue weighted by Gasteiger charge is 2.34. The maximum absolute atomic E-state index is 13.2. The van der Waals surface area contributed by atoms with Crippen LogP contribution in [0.5, 0.6) is 5.75 Å². The normalized spacial score (nSPS) is 22.1. The summed E-state index contributed by atoms with van der Waals surface area (Å²) in [5, 5.41) is 0. The molecule has 3 aliphatic heterocycles. The van der Waals surface area contributed by atoms with Crippen LogP contribution in [0.3, 0.4) is 0 Å². The van der Waals surface area contributed by atoms with Crippen LogP contribution in [0.1, 0.15) is 29.5 Å². The molecular weight excluding hydrogens is 374 g/mol. The topological polar surface area (TPSA) is 36.0 Å². The zero-order valence-corrected chi connectivity index (χ0v) is 17.6. The van der Waals surface area contributed by atoms with Gasteiger partial charge in [0.2, 0.25) is 5.91 Å². The van der Waals surface area contributed by atoms with Crippen molar-refractivity contribution < 1.29 is 9.53 Å². The number of likely N-dealkylation sites (tertiary alicyclic amines) is 1. The van der Waals surface area contributed by atoms with Gasteiger partial charge in [-0.3, -0.25) is 14.6 Å². The van der Waals surface area contributed by atoms with Gasteiger partial charge in [-0.15, -0.1) is 0 Å². The van der Waals surface area contributed by atoms with E-state index in [0.29, 0.717) is 5.91 Å². The highest BCUT2D eigenvalue weighted by atomic mass is 16.5. The van der Waals surface area contributed by atoms with E-state index in [1.807, 2.05) is 6.07 Å². The molecule has 0 spiro atoms. The molecule has 5 rings (SSSR count). The molecule has 5 heteroatoms. The van der Waals surface area contributed by atoms with Crippen LogP contribution in [-0.4, -0.2) is 66.0 Å². The predicted molar refractivity (Wildman–Crippen MR) is 117 cm³/mol. The van der Waals surface area contributed by atoms with Gasteiger partial charge in [-0.05, 0) is 42.1 Å². The average Bonchev–Trinajstić information content (AvgIpc) is 3.43. The Morgan fingerprint density at radius 1 is 0.933 bits per heavy atom. The van der Waals surface area contributed by atoms with Gasteiger partial charge in [0.1, 0.15) is 5.75 Å². The molecule has 30 heavy (non-hydrogen) atoms. The van der Waals surface area contributed by atoms with Gasteiger partial charge < -0.3 is 9.64 Å². The van der Waals surface area contributed by atoms with E-state index in [-0.39, 0.29) is 6.04 Å². The minimum atomic E-state index is 0.0495. The number of carbonyl (C=O) groups excluding carboxylic acids is 1. The van der Waals surface area contributed by atoms with Crippen molar-refractivity contribution in [2.45, 2.75) is 38.4 Å². The number of fused-ring (bicyclic) bond motifs is 1. The fraction of sp³-hybridized carbons (Fsp3) is 0.480.